The molecule has 2 heteroatoms. The second-order valence-corrected chi connectivity index (χ2v) is 11.0. The average Bonchev–Trinajstić information content (AvgIpc) is 3.46. The fraction of sp³-hybridized carbons (Fsp3) is 0.0488. The Morgan fingerprint density at radius 1 is 0.488 bits per heavy atom. The van der Waals surface area contributed by atoms with Gasteiger partial charge in [0.1, 0.15) is 5.82 Å². The molecule has 1 heterocycles. The molecule has 8 rings (SSSR count). The lowest BCUT2D eigenvalue weighted by Gasteiger charge is -2.21. The van der Waals surface area contributed by atoms with Crippen molar-refractivity contribution in [2.45, 2.75) is 13.3 Å². The van der Waals surface area contributed by atoms with E-state index in [1.54, 1.807) is 0 Å². The first-order chi connectivity index (χ1) is 21.3. The van der Waals surface area contributed by atoms with Crippen LogP contribution in [0.25, 0.3) is 71.6 Å². The number of hydrogen-bond acceptors (Lipinski definition) is 1. The van der Waals surface area contributed by atoms with Crippen molar-refractivity contribution in [3.63, 3.8) is 0 Å². The number of rotatable bonds is 5. The summed E-state index contributed by atoms with van der Waals surface area (Å²) in [5.74, 6) is 1.06. The Balaban J connectivity index is 1.52. The van der Waals surface area contributed by atoms with Gasteiger partial charge in [0.05, 0.1) is 16.7 Å². The van der Waals surface area contributed by atoms with Gasteiger partial charge in [-0.05, 0) is 73.6 Å². The molecule has 0 atom stereocenters. The van der Waals surface area contributed by atoms with Crippen LogP contribution in [0.4, 0.5) is 0 Å². The molecule has 0 fully saturated rings. The molecular formula is C41H30N2. The van der Waals surface area contributed by atoms with Crippen molar-refractivity contribution < 1.29 is 0 Å². The van der Waals surface area contributed by atoms with Crippen molar-refractivity contribution in [3.05, 3.63) is 157 Å². The zero-order valence-electron chi connectivity index (χ0n) is 24.0. The van der Waals surface area contributed by atoms with Gasteiger partial charge < -0.3 is 0 Å². The van der Waals surface area contributed by atoms with Crippen LogP contribution in [0.1, 0.15) is 12.7 Å². The zero-order chi connectivity index (χ0) is 28.8. The third-order valence-electron chi connectivity index (χ3n) is 8.55. The molecule has 1 aromatic heterocycles. The highest BCUT2D eigenvalue weighted by Crippen LogP contribution is 2.46. The molecule has 0 spiro atoms. The van der Waals surface area contributed by atoms with Crippen molar-refractivity contribution in [3.8, 4) is 39.1 Å². The van der Waals surface area contributed by atoms with E-state index in [9.17, 15) is 0 Å². The summed E-state index contributed by atoms with van der Waals surface area (Å²) < 4.78 is 2.36. The fourth-order valence-corrected chi connectivity index (χ4v) is 6.66. The Hall–Kier alpha value is -5.47. The van der Waals surface area contributed by atoms with Crippen molar-refractivity contribution >= 4 is 32.6 Å². The maximum absolute atomic E-state index is 5.03. The van der Waals surface area contributed by atoms with Crippen LogP contribution >= 0.6 is 0 Å². The van der Waals surface area contributed by atoms with Crippen molar-refractivity contribution in [2.75, 3.05) is 0 Å². The first-order valence-corrected chi connectivity index (χ1v) is 15.0. The first kappa shape index (κ1) is 25.3. The van der Waals surface area contributed by atoms with E-state index in [2.05, 4.69) is 163 Å². The van der Waals surface area contributed by atoms with Crippen LogP contribution in [0.5, 0.6) is 0 Å². The summed E-state index contributed by atoms with van der Waals surface area (Å²) in [6.45, 7) is 2.19. The van der Waals surface area contributed by atoms with Crippen LogP contribution < -0.4 is 0 Å². The Labute approximate surface area is 251 Å². The van der Waals surface area contributed by atoms with Crippen LogP contribution in [0.3, 0.4) is 0 Å². The highest BCUT2D eigenvalue weighted by atomic mass is 15.1. The van der Waals surface area contributed by atoms with E-state index in [1.807, 2.05) is 0 Å². The SMILES string of the molecule is CCc1nc2ccccc2n1-c1ccccc1-c1c2ccccc2c(-c2ccccc2)c2cc(-c3ccccc3)ccc12. The zero-order valence-corrected chi connectivity index (χ0v) is 24.0. The smallest absolute Gasteiger partial charge is 0.114 e. The molecule has 0 amide bonds. The van der Waals surface area contributed by atoms with E-state index in [0.29, 0.717) is 0 Å². The lowest BCUT2D eigenvalue weighted by Crippen LogP contribution is -2.03. The second-order valence-electron chi connectivity index (χ2n) is 11.0. The molecule has 2 nitrogen and oxygen atoms in total. The van der Waals surface area contributed by atoms with Gasteiger partial charge in [-0.15, -0.1) is 0 Å². The predicted molar refractivity (Wildman–Crippen MR) is 182 cm³/mol. The molecule has 0 N–H and O–H groups in total. The van der Waals surface area contributed by atoms with Crippen molar-refractivity contribution in [2.24, 2.45) is 0 Å². The summed E-state index contributed by atoms with van der Waals surface area (Å²) in [4.78, 5) is 5.03. The molecule has 7 aromatic carbocycles. The Kier molecular flexibility index (Phi) is 6.12. The van der Waals surface area contributed by atoms with Gasteiger partial charge in [-0.3, -0.25) is 4.57 Å². The minimum absolute atomic E-state index is 0.845. The topological polar surface area (TPSA) is 17.8 Å². The van der Waals surface area contributed by atoms with Crippen molar-refractivity contribution in [1.29, 1.82) is 0 Å². The number of imidazole rings is 1. The summed E-state index contributed by atoms with van der Waals surface area (Å²) in [5, 5.41) is 4.99. The molecule has 8 aromatic rings. The number of hydrogen-bond donors (Lipinski definition) is 0. The summed E-state index contributed by atoms with van der Waals surface area (Å²) in [5.41, 5.74) is 10.7. The molecular weight excluding hydrogens is 520 g/mol. The Morgan fingerprint density at radius 3 is 1.86 bits per heavy atom. The third kappa shape index (κ3) is 4.14. The molecule has 0 aliphatic heterocycles. The van der Waals surface area contributed by atoms with E-state index in [0.717, 1.165) is 29.0 Å². The van der Waals surface area contributed by atoms with E-state index < -0.39 is 0 Å². The minimum atomic E-state index is 0.845. The maximum Gasteiger partial charge on any atom is 0.114 e. The van der Waals surface area contributed by atoms with Crippen LogP contribution in [-0.2, 0) is 6.42 Å². The molecule has 43 heavy (non-hydrogen) atoms. The monoisotopic (exact) mass is 550 g/mol. The summed E-state index contributed by atoms with van der Waals surface area (Å²) >= 11 is 0. The quantitative estimate of drug-likeness (QED) is 0.195. The summed E-state index contributed by atoms with van der Waals surface area (Å²) in [6, 6.07) is 54.7. The van der Waals surface area contributed by atoms with Gasteiger partial charge in [0.15, 0.2) is 0 Å². The van der Waals surface area contributed by atoms with Crippen molar-refractivity contribution in [1.82, 2.24) is 9.55 Å². The standard InChI is InChI=1S/C41H30N2/c1-2-39-42-36-22-12-14-24-38(36)43(39)37-23-13-11-21-34(37)41-32-20-10-9-19-31(32)40(29-17-7-4-8-18-29)35-27-30(25-26-33(35)41)28-15-5-3-6-16-28/h3-27H,2H2,1H3. The number of nitrogens with zero attached hydrogens (tertiary/aromatic N) is 2. The number of fused-ring (bicyclic) bond motifs is 3. The molecule has 0 aliphatic rings. The van der Waals surface area contributed by atoms with Gasteiger partial charge >= 0.3 is 0 Å². The van der Waals surface area contributed by atoms with Gasteiger partial charge in [-0.1, -0.05) is 134 Å². The predicted octanol–water partition coefficient (Wildman–Crippen LogP) is 10.9. The maximum atomic E-state index is 5.03. The highest BCUT2D eigenvalue weighted by molar-refractivity contribution is 6.22. The van der Waals surface area contributed by atoms with Gasteiger partial charge in [-0.25, -0.2) is 4.98 Å². The van der Waals surface area contributed by atoms with E-state index in [-0.39, 0.29) is 0 Å². The number of aromatic nitrogens is 2. The van der Waals surface area contributed by atoms with Crippen LogP contribution in [0, 0.1) is 0 Å². The van der Waals surface area contributed by atoms with Crippen LogP contribution in [-0.4, -0.2) is 9.55 Å². The Morgan fingerprint density at radius 2 is 1.09 bits per heavy atom. The van der Waals surface area contributed by atoms with Gasteiger partial charge in [-0.2, -0.15) is 0 Å². The summed E-state index contributed by atoms with van der Waals surface area (Å²) in [7, 11) is 0. The van der Waals surface area contributed by atoms with E-state index in [4.69, 9.17) is 4.98 Å². The number of aryl methyl sites for hydroxylation is 1. The molecule has 0 unspecified atom stereocenters. The van der Waals surface area contributed by atoms with Crippen LogP contribution in [0.2, 0.25) is 0 Å². The fourth-order valence-electron chi connectivity index (χ4n) is 6.66. The van der Waals surface area contributed by atoms with E-state index >= 15 is 0 Å². The molecule has 0 radical (unpaired) electrons. The second kappa shape index (κ2) is 10.4. The van der Waals surface area contributed by atoms with Crippen LogP contribution in [0.15, 0.2) is 152 Å². The van der Waals surface area contributed by atoms with Gasteiger partial charge in [0, 0.05) is 12.0 Å². The lowest BCUT2D eigenvalue weighted by molar-refractivity contribution is 0.909. The number of para-hydroxylation sites is 3. The molecule has 204 valence electrons. The van der Waals surface area contributed by atoms with E-state index in [1.165, 1.54) is 54.9 Å². The lowest BCUT2D eigenvalue weighted by atomic mass is 9.84. The molecule has 0 bridgehead atoms. The van der Waals surface area contributed by atoms with Gasteiger partial charge in [0.2, 0.25) is 0 Å². The minimum Gasteiger partial charge on any atom is -0.296 e. The van der Waals surface area contributed by atoms with Gasteiger partial charge in [0.25, 0.3) is 0 Å². The molecule has 0 saturated heterocycles. The largest absolute Gasteiger partial charge is 0.296 e. The number of benzene rings is 7. The Bertz CT molecular complexity index is 2260. The summed E-state index contributed by atoms with van der Waals surface area (Å²) in [6.07, 6.45) is 0.845. The normalized spacial score (nSPS) is 11.5. The average molecular weight is 551 g/mol. The first-order valence-electron chi connectivity index (χ1n) is 15.0. The third-order valence-corrected chi connectivity index (χ3v) is 8.55. The molecule has 0 aliphatic carbocycles. The highest BCUT2D eigenvalue weighted by Gasteiger charge is 2.21. The molecule has 0 saturated carbocycles.